The van der Waals surface area contributed by atoms with Gasteiger partial charge in [0, 0.05) is 17.5 Å². The maximum atomic E-state index is 10.9. The molecule has 0 aliphatic rings. The molecule has 21 heavy (non-hydrogen) atoms. The van der Waals surface area contributed by atoms with Gasteiger partial charge in [-0.2, -0.15) is 0 Å². The highest BCUT2D eigenvalue weighted by atomic mass is 32.1. The molecule has 0 saturated heterocycles. The van der Waals surface area contributed by atoms with Gasteiger partial charge in [-0.25, -0.2) is 4.98 Å². The van der Waals surface area contributed by atoms with Gasteiger partial charge in [-0.05, 0) is 19.9 Å². The molecule has 0 aliphatic carbocycles. The van der Waals surface area contributed by atoms with Gasteiger partial charge in [-0.1, -0.05) is 36.8 Å². The van der Waals surface area contributed by atoms with Crippen LogP contribution in [-0.4, -0.2) is 34.0 Å². The van der Waals surface area contributed by atoms with Crippen molar-refractivity contribution in [3.8, 4) is 10.6 Å². The third-order valence-corrected chi connectivity index (χ3v) is 4.07. The summed E-state index contributed by atoms with van der Waals surface area (Å²) >= 11 is 1.60. The van der Waals surface area contributed by atoms with E-state index in [-0.39, 0.29) is 6.54 Å². The number of aliphatic carboxylic acids is 1. The van der Waals surface area contributed by atoms with Crippen LogP contribution in [0.1, 0.15) is 24.6 Å². The summed E-state index contributed by atoms with van der Waals surface area (Å²) in [6.45, 7) is 5.52. The molecule has 0 bridgehead atoms. The van der Waals surface area contributed by atoms with Crippen molar-refractivity contribution in [1.82, 2.24) is 9.88 Å². The van der Waals surface area contributed by atoms with E-state index >= 15 is 0 Å². The van der Waals surface area contributed by atoms with Gasteiger partial charge in [0.05, 0.1) is 12.2 Å². The number of aryl methyl sites for hydroxylation is 1. The van der Waals surface area contributed by atoms with Crippen molar-refractivity contribution in [2.45, 2.75) is 26.8 Å². The molecular formula is C16H20N2O2S. The number of aromatic nitrogens is 1. The normalized spacial score (nSPS) is 11.0. The molecule has 0 fully saturated rings. The van der Waals surface area contributed by atoms with Gasteiger partial charge in [0.1, 0.15) is 5.01 Å². The first-order valence-electron chi connectivity index (χ1n) is 7.04. The van der Waals surface area contributed by atoms with Crippen LogP contribution in [0.2, 0.25) is 0 Å². The first-order valence-corrected chi connectivity index (χ1v) is 7.92. The van der Waals surface area contributed by atoms with Crippen molar-refractivity contribution < 1.29 is 9.90 Å². The number of carboxylic acids is 1. The highest BCUT2D eigenvalue weighted by Crippen LogP contribution is 2.24. The molecule has 1 aromatic carbocycles. The van der Waals surface area contributed by atoms with E-state index < -0.39 is 5.97 Å². The molecule has 2 aromatic rings. The van der Waals surface area contributed by atoms with Crippen LogP contribution in [0.4, 0.5) is 0 Å². The lowest BCUT2D eigenvalue weighted by atomic mass is 10.2. The van der Waals surface area contributed by atoms with Crippen molar-refractivity contribution in [2.24, 2.45) is 0 Å². The number of hydrogen-bond donors (Lipinski definition) is 1. The number of carbonyl (C=O) groups is 1. The van der Waals surface area contributed by atoms with Gasteiger partial charge < -0.3 is 5.11 Å². The van der Waals surface area contributed by atoms with Crippen LogP contribution in [-0.2, 0) is 11.3 Å². The van der Waals surface area contributed by atoms with Crippen molar-refractivity contribution in [1.29, 1.82) is 0 Å². The molecule has 112 valence electrons. The fourth-order valence-corrected chi connectivity index (χ4v) is 2.98. The largest absolute Gasteiger partial charge is 0.480 e. The zero-order valence-electron chi connectivity index (χ0n) is 12.4. The Morgan fingerprint density at radius 3 is 2.67 bits per heavy atom. The van der Waals surface area contributed by atoms with Crippen LogP contribution in [0.3, 0.4) is 0 Å². The number of carboxylic acid groups (broad SMARTS) is 1. The summed E-state index contributed by atoms with van der Waals surface area (Å²) < 4.78 is 0. The Morgan fingerprint density at radius 1 is 1.33 bits per heavy atom. The van der Waals surface area contributed by atoms with Gasteiger partial charge >= 0.3 is 5.97 Å². The number of thiazole rings is 1. The van der Waals surface area contributed by atoms with Crippen LogP contribution in [0.25, 0.3) is 10.6 Å². The monoisotopic (exact) mass is 304 g/mol. The molecule has 1 aromatic heterocycles. The van der Waals surface area contributed by atoms with Crippen molar-refractivity contribution in [3.05, 3.63) is 40.9 Å². The van der Waals surface area contributed by atoms with Crippen LogP contribution in [0, 0.1) is 6.92 Å². The molecular weight excluding hydrogens is 284 g/mol. The van der Waals surface area contributed by atoms with Gasteiger partial charge in [0.2, 0.25) is 0 Å². The second-order valence-corrected chi connectivity index (χ2v) is 5.97. The molecule has 1 N–H and O–H groups in total. The molecule has 2 rings (SSSR count). The molecule has 0 spiro atoms. The lowest BCUT2D eigenvalue weighted by molar-refractivity contribution is -0.138. The zero-order chi connectivity index (χ0) is 15.2. The second-order valence-electron chi connectivity index (χ2n) is 5.11. The molecule has 1 heterocycles. The minimum atomic E-state index is -0.794. The Bertz CT molecular complexity index is 593. The predicted octanol–water partition coefficient (Wildman–Crippen LogP) is 3.42. The first kappa shape index (κ1) is 15.7. The summed E-state index contributed by atoms with van der Waals surface area (Å²) in [7, 11) is 0. The van der Waals surface area contributed by atoms with Crippen LogP contribution >= 0.6 is 11.3 Å². The SMILES string of the molecule is CCCN(CC(=O)O)Cc1csc(-c2ccc(C)cc2)n1. The summed E-state index contributed by atoms with van der Waals surface area (Å²) in [6.07, 6.45) is 0.933. The average molecular weight is 304 g/mol. The quantitative estimate of drug-likeness (QED) is 0.851. The number of rotatable bonds is 7. The highest BCUT2D eigenvalue weighted by molar-refractivity contribution is 7.13. The van der Waals surface area contributed by atoms with Crippen molar-refractivity contribution in [2.75, 3.05) is 13.1 Å². The first-order chi connectivity index (χ1) is 10.1. The maximum absolute atomic E-state index is 10.9. The number of benzene rings is 1. The third kappa shape index (κ3) is 4.65. The fourth-order valence-electron chi connectivity index (χ4n) is 2.16. The summed E-state index contributed by atoms with van der Waals surface area (Å²) in [5.41, 5.74) is 3.27. The maximum Gasteiger partial charge on any atom is 0.317 e. The van der Waals surface area contributed by atoms with Crippen LogP contribution < -0.4 is 0 Å². The van der Waals surface area contributed by atoms with E-state index in [1.165, 1.54) is 5.56 Å². The zero-order valence-corrected chi connectivity index (χ0v) is 13.2. The predicted molar refractivity (Wildman–Crippen MR) is 85.5 cm³/mol. The Hall–Kier alpha value is -1.72. The Balaban J connectivity index is 2.07. The Kier molecular flexibility index (Phi) is 5.47. The van der Waals surface area contributed by atoms with E-state index in [4.69, 9.17) is 5.11 Å². The highest BCUT2D eigenvalue weighted by Gasteiger charge is 2.12. The minimum Gasteiger partial charge on any atom is -0.480 e. The van der Waals surface area contributed by atoms with E-state index in [0.717, 1.165) is 29.2 Å². The Morgan fingerprint density at radius 2 is 2.05 bits per heavy atom. The molecule has 0 saturated carbocycles. The number of nitrogens with zero attached hydrogens (tertiary/aromatic N) is 2. The van der Waals surface area contributed by atoms with Gasteiger partial charge in [-0.3, -0.25) is 9.69 Å². The summed E-state index contributed by atoms with van der Waals surface area (Å²) in [5, 5.41) is 11.9. The summed E-state index contributed by atoms with van der Waals surface area (Å²) in [6, 6.07) is 8.28. The Labute approximate surface area is 129 Å². The lowest BCUT2D eigenvalue weighted by Crippen LogP contribution is -2.30. The average Bonchev–Trinajstić information content (AvgIpc) is 2.87. The second kappa shape index (κ2) is 7.33. The molecule has 4 nitrogen and oxygen atoms in total. The van der Waals surface area contributed by atoms with E-state index in [2.05, 4.69) is 36.2 Å². The molecule has 0 unspecified atom stereocenters. The number of hydrogen-bond acceptors (Lipinski definition) is 4. The standard InChI is InChI=1S/C16H20N2O2S/c1-3-8-18(10-15(19)20)9-14-11-21-16(17-14)13-6-4-12(2)5-7-13/h4-7,11H,3,8-10H2,1-2H3,(H,19,20). The van der Waals surface area contributed by atoms with Crippen molar-refractivity contribution >= 4 is 17.3 Å². The van der Waals surface area contributed by atoms with Gasteiger partial charge in [-0.15, -0.1) is 11.3 Å². The summed E-state index contributed by atoms with van der Waals surface area (Å²) in [4.78, 5) is 17.4. The topological polar surface area (TPSA) is 53.4 Å². The molecule has 5 heteroatoms. The molecule has 0 amide bonds. The van der Waals surface area contributed by atoms with Gasteiger partial charge in [0.15, 0.2) is 0 Å². The van der Waals surface area contributed by atoms with Gasteiger partial charge in [0.25, 0.3) is 0 Å². The van der Waals surface area contributed by atoms with E-state index in [9.17, 15) is 4.79 Å². The van der Waals surface area contributed by atoms with E-state index in [0.29, 0.717) is 6.54 Å². The minimum absolute atomic E-state index is 0.0607. The lowest BCUT2D eigenvalue weighted by Gasteiger charge is -2.17. The third-order valence-electron chi connectivity index (χ3n) is 3.13. The molecule has 0 atom stereocenters. The smallest absolute Gasteiger partial charge is 0.317 e. The van der Waals surface area contributed by atoms with E-state index in [1.807, 2.05) is 17.2 Å². The van der Waals surface area contributed by atoms with Crippen LogP contribution in [0.15, 0.2) is 29.6 Å². The van der Waals surface area contributed by atoms with Crippen LogP contribution in [0.5, 0.6) is 0 Å². The molecule has 0 radical (unpaired) electrons. The van der Waals surface area contributed by atoms with E-state index in [1.54, 1.807) is 11.3 Å². The fraction of sp³-hybridized carbons (Fsp3) is 0.375. The van der Waals surface area contributed by atoms with Crippen molar-refractivity contribution in [3.63, 3.8) is 0 Å². The molecule has 0 aliphatic heterocycles. The summed E-state index contributed by atoms with van der Waals surface area (Å²) in [5.74, 6) is -0.794.